The third-order valence-electron chi connectivity index (χ3n) is 3.20. The fraction of sp³-hybridized carbons (Fsp3) is 0.250. The lowest BCUT2D eigenvalue weighted by Crippen LogP contribution is -2.24. The van der Waals surface area contributed by atoms with E-state index in [1.54, 1.807) is 10.6 Å². The summed E-state index contributed by atoms with van der Waals surface area (Å²) >= 11 is 0. The standard InChI is InChI=1S/C16H17N3O/c17-10-4-5-11-19-15(13-6-2-1-3-7-13)9-8-14(12-18)16(19)20/h1-3,6-9H,4-5,10-11,17H2. The summed E-state index contributed by atoms with van der Waals surface area (Å²) in [6.45, 7) is 1.18. The normalized spacial score (nSPS) is 10.2. The molecule has 0 amide bonds. The van der Waals surface area contributed by atoms with Crippen molar-refractivity contribution < 1.29 is 0 Å². The van der Waals surface area contributed by atoms with E-state index in [9.17, 15) is 4.79 Å². The number of hydrogen-bond acceptors (Lipinski definition) is 3. The summed E-state index contributed by atoms with van der Waals surface area (Å²) in [6.07, 6.45) is 1.68. The zero-order valence-electron chi connectivity index (χ0n) is 11.2. The lowest BCUT2D eigenvalue weighted by Gasteiger charge is -2.13. The summed E-state index contributed by atoms with van der Waals surface area (Å²) in [5, 5.41) is 8.99. The van der Waals surface area contributed by atoms with Gasteiger partial charge in [-0.2, -0.15) is 5.26 Å². The largest absolute Gasteiger partial charge is 0.330 e. The Kier molecular flexibility index (Phi) is 4.70. The Morgan fingerprint density at radius 1 is 1.10 bits per heavy atom. The molecule has 0 aliphatic rings. The van der Waals surface area contributed by atoms with Crippen LogP contribution in [0.15, 0.2) is 47.3 Å². The van der Waals surface area contributed by atoms with E-state index in [1.807, 2.05) is 42.5 Å². The predicted octanol–water partition coefficient (Wildman–Crippen LogP) is 2.13. The van der Waals surface area contributed by atoms with Crippen molar-refractivity contribution in [1.82, 2.24) is 4.57 Å². The van der Waals surface area contributed by atoms with Crippen LogP contribution in [0.4, 0.5) is 0 Å². The van der Waals surface area contributed by atoms with Crippen molar-refractivity contribution >= 4 is 0 Å². The van der Waals surface area contributed by atoms with Gasteiger partial charge in [0.25, 0.3) is 5.56 Å². The molecule has 0 fully saturated rings. The smallest absolute Gasteiger partial charge is 0.268 e. The molecule has 1 aromatic carbocycles. The Labute approximate surface area is 118 Å². The van der Waals surface area contributed by atoms with Gasteiger partial charge in [0.1, 0.15) is 11.6 Å². The minimum atomic E-state index is -0.231. The van der Waals surface area contributed by atoms with Crippen molar-refractivity contribution in [1.29, 1.82) is 5.26 Å². The molecule has 1 heterocycles. The first-order valence-electron chi connectivity index (χ1n) is 6.67. The molecule has 4 nitrogen and oxygen atoms in total. The molecule has 0 radical (unpaired) electrons. The Morgan fingerprint density at radius 3 is 2.50 bits per heavy atom. The summed E-state index contributed by atoms with van der Waals surface area (Å²) in [7, 11) is 0. The van der Waals surface area contributed by atoms with Gasteiger partial charge in [-0.05, 0) is 37.1 Å². The number of rotatable bonds is 5. The van der Waals surface area contributed by atoms with Crippen LogP contribution >= 0.6 is 0 Å². The van der Waals surface area contributed by atoms with Gasteiger partial charge in [0, 0.05) is 6.54 Å². The van der Waals surface area contributed by atoms with Gasteiger partial charge in [0.15, 0.2) is 0 Å². The summed E-state index contributed by atoms with van der Waals surface area (Å²) in [5.41, 5.74) is 7.26. The molecule has 0 saturated heterocycles. The SMILES string of the molecule is N#Cc1ccc(-c2ccccc2)n(CCCCN)c1=O. The third-order valence-corrected chi connectivity index (χ3v) is 3.20. The van der Waals surface area contributed by atoms with E-state index >= 15 is 0 Å². The van der Waals surface area contributed by atoms with E-state index < -0.39 is 0 Å². The van der Waals surface area contributed by atoms with E-state index in [0.717, 1.165) is 24.1 Å². The molecule has 0 unspecified atom stereocenters. The number of aromatic nitrogens is 1. The first-order chi connectivity index (χ1) is 9.77. The monoisotopic (exact) mass is 267 g/mol. The number of nitrogens with two attached hydrogens (primary N) is 1. The van der Waals surface area contributed by atoms with Crippen LogP contribution in [0, 0.1) is 11.3 Å². The lowest BCUT2D eigenvalue weighted by molar-refractivity contribution is 0.602. The molecule has 102 valence electrons. The highest BCUT2D eigenvalue weighted by Gasteiger charge is 2.09. The zero-order chi connectivity index (χ0) is 14.4. The van der Waals surface area contributed by atoms with E-state index in [2.05, 4.69) is 0 Å². The molecule has 0 saturated carbocycles. The molecule has 0 aliphatic carbocycles. The summed E-state index contributed by atoms with van der Waals surface area (Å²) in [6, 6.07) is 15.1. The summed E-state index contributed by atoms with van der Waals surface area (Å²) < 4.78 is 1.67. The maximum atomic E-state index is 12.3. The zero-order valence-corrected chi connectivity index (χ0v) is 11.2. The predicted molar refractivity (Wildman–Crippen MR) is 79.1 cm³/mol. The molecule has 4 heteroatoms. The fourth-order valence-corrected chi connectivity index (χ4v) is 2.16. The molecule has 0 spiro atoms. The van der Waals surface area contributed by atoms with Gasteiger partial charge in [0.05, 0.1) is 5.69 Å². The van der Waals surface area contributed by atoms with Gasteiger partial charge in [-0.3, -0.25) is 4.79 Å². The van der Waals surface area contributed by atoms with Crippen LogP contribution in [-0.4, -0.2) is 11.1 Å². The van der Waals surface area contributed by atoms with E-state index in [-0.39, 0.29) is 11.1 Å². The van der Waals surface area contributed by atoms with Crippen LogP contribution < -0.4 is 11.3 Å². The van der Waals surface area contributed by atoms with Crippen molar-refractivity contribution in [3.05, 3.63) is 58.4 Å². The number of hydrogen-bond donors (Lipinski definition) is 1. The molecule has 20 heavy (non-hydrogen) atoms. The minimum absolute atomic E-state index is 0.178. The fourth-order valence-electron chi connectivity index (χ4n) is 2.16. The highest BCUT2D eigenvalue weighted by Crippen LogP contribution is 2.18. The topological polar surface area (TPSA) is 71.8 Å². The highest BCUT2D eigenvalue weighted by atomic mass is 16.1. The van der Waals surface area contributed by atoms with Crippen LogP contribution in [0.3, 0.4) is 0 Å². The van der Waals surface area contributed by atoms with Gasteiger partial charge in [-0.25, -0.2) is 0 Å². The first-order valence-corrected chi connectivity index (χ1v) is 6.67. The molecule has 2 rings (SSSR count). The van der Waals surface area contributed by atoms with Crippen LogP contribution in [0.1, 0.15) is 18.4 Å². The number of benzene rings is 1. The van der Waals surface area contributed by atoms with E-state index in [1.165, 1.54) is 0 Å². The molecular formula is C16H17N3O. The molecule has 0 atom stereocenters. The highest BCUT2D eigenvalue weighted by molar-refractivity contribution is 5.60. The minimum Gasteiger partial charge on any atom is -0.330 e. The van der Waals surface area contributed by atoms with E-state index in [4.69, 9.17) is 11.0 Å². The second-order valence-electron chi connectivity index (χ2n) is 4.56. The molecule has 1 aromatic heterocycles. The Hall–Kier alpha value is -2.38. The second kappa shape index (κ2) is 6.69. The van der Waals surface area contributed by atoms with Crippen molar-refractivity contribution in [3.63, 3.8) is 0 Å². The van der Waals surface area contributed by atoms with Crippen LogP contribution in [-0.2, 0) is 6.54 Å². The molecular weight excluding hydrogens is 250 g/mol. The van der Waals surface area contributed by atoms with Crippen LogP contribution in [0.2, 0.25) is 0 Å². The van der Waals surface area contributed by atoms with Gasteiger partial charge in [0.2, 0.25) is 0 Å². The second-order valence-corrected chi connectivity index (χ2v) is 4.56. The van der Waals surface area contributed by atoms with Gasteiger partial charge in [-0.15, -0.1) is 0 Å². The maximum Gasteiger partial charge on any atom is 0.268 e. The Bertz CT molecular complexity index is 668. The van der Waals surface area contributed by atoms with Crippen molar-refractivity contribution in [2.24, 2.45) is 5.73 Å². The average molecular weight is 267 g/mol. The number of unbranched alkanes of at least 4 members (excludes halogenated alkanes) is 1. The summed E-state index contributed by atoms with van der Waals surface area (Å²) in [5.74, 6) is 0. The molecule has 0 bridgehead atoms. The average Bonchev–Trinajstić information content (AvgIpc) is 2.50. The number of pyridine rings is 1. The van der Waals surface area contributed by atoms with E-state index in [0.29, 0.717) is 13.1 Å². The third kappa shape index (κ3) is 2.95. The first kappa shape index (κ1) is 14.0. The van der Waals surface area contributed by atoms with Gasteiger partial charge >= 0.3 is 0 Å². The molecule has 2 aromatic rings. The van der Waals surface area contributed by atoms with Gasteiger partial charge < -0.3 is 10.3 Å². The van der Waals surface area contributed by atoms with Crippen molar-refractivity contribution in [3.8, 4) is 17.3 Å². The van der Waals surface area contributed by atoms with Crippen LogP contribution in [0.5, 0.6) is 0 Å². The van der Waals surface area contributed by atoms with Crippen molar-refractivity contribution in [2.75, 3.05) is 6.54 Å². The molecule has 2 N–H and O–H groups in total. The lowest BCUT2D eigenvalue weighted by atomic mass is 10.1. The molecule has 0 aliphatic heterocycles. The van der Waals surface area contributed by atoms with Gasteiger partial charge in [-0.1, -0.05) is 30.3 Å². The van der Waals surface area contributed by atoms with Crippen molar-refractivity contribution in [2.45, 2.75) is 19.4 Å². The number of nitrogens with zero attached hydrogens (tertiary/aromatic N) is 2. The Balaban J connectivity index is 2.49. The number of nitriles is 1. The summed E-state index contributed by atoms with van der Waals surface area (Å²) in [4.78, 5) is 12.3. The quantitative estimate of drug-likeness (QED) is 0.843. The Morgan fingerprint density at radius 2 is 1.85 bits per heavy atom. The maximum absolute atomic E-state index is 12.3. The van der Waals surface area contributed by atoms with Crippen LogP contribution in [0.25, 0.3) is 11.3 Å².